The number of ether oxygens (including phenoxy) is 1. The first-order chi connectivity index (χ1) is 15.0. The summed E-state index contributed by atoms with van der Waals surface area (Å²) in [5.41, 5.74) is 2.00. The molecule has 0 saturated heterocycles. The molecular formula is C25H24FN3O2. The fraction of sp³-hybridized carbons (Fsp3) is 0.320. The van der Waals surface area contributed by atoms with Crippen LogP contribution < -0.4 is 10.1 Å². The van der Waals surface area contributed by atoms with Gasteiger partial charge in [0, 0.05) is 23.8 Å². The quantitative estimate of drug-likeness (QED) is 0.768. The van der Waals surface area contributed by atoms with Gasteiger partial charge in [0.1, 0.15) is 11.6 Å². The summed E-state index contributed by atoms with van der Waals surface area (Å²) in [5.74, 6) is 0.129. The second kappa shape index (κ2) is 7.45. The third-order valence-corrected chi connectivity index (χ3v) is 6.23. The Balaban J connectivity index is 1.45. The van der Waals surface area contributed by atoms with Crippen LogP contribution in [0.3, 0.4) is 0 Å². The van der Waals surface area contributed by atoms with Crippen LogP contribution in [0.2, 0.25) is 0 Å². The molecule has 158 valence electrons. The summed E-state index contributed by atoms with van der Waals surface area (Å²) >= 11 is 0. The van der Waals surface area contributed by atoms with Gasteiger partial charge in [0.25, 0.3) is 5.91 Å². The molecule has 2 aromatic rings. The van der Waals surface area contributed by atoms with Gasteiger partial charge in [0.2, 0.25) is 5.72 Å². The third-order valence-electron chi connectivity index (χ3n) is 6.23. The van der Waals surface area contributed by atoms with Crippen molar-refractivity contribution in [2.45, 2.75) is 50.3 Å². The highest BCUT2D eigenvalue weighted by molar-refractivity contribution is 6.09. The van der Waals surface area contributed by atoms with Crippen molar-refractivity contribution in [3.05, 3.63) is 83.5 Å². The topological polar surface area (TPSA) is 63.6 Å². The Morgan fingerprint density at radius 1 is 1.13 bits per heavy atom. The first-order valence-electron chi connectivity index (χ1n) is 10.7. The highest BCUT2D eigenvalue weighted by Gasteiger charge is 2.51. The molecule has 1 saturated carbocycles. The Morgan fingerprint density at radius 3 is 2.68 bits per heavy atom. The molecule has 0 radical (unpaired) electrons. The maximum atomic E-state index is 13.2. The van der Waals surface area contributed by atoms with Crippen molar-refractivity contribution < 1.29 is 13.9 Å². The maximum Gasteiger partial charge on any atom is 0.252 e. The van der Waals surface area contributed by atoms with Gasteiger partial charge in [-0.2, -0.15) is 0 Å². The van der Waals surface area contributed by atoms with Crippen molar-refractivity contribution in [3.63, 3.8) is 0 Å². The second-order valence-corrected chi connectivity index (χ2v) is 8.45. The average Bonchev–Trinajstić information content (AvgIpc) is 3.56. The van der Waals surface area contributed by atoms with E-state index in [-0.39, 0.29) is 11.7 Å². The van der Waals surface area contributed by atoms with Crippen molar-refractivity contribution in [2.75, 3.05) is 0 Å². The van der Waals surface area contributed by atoms with E-state index in [4.69, 9.17) is 9.73 Å². The number of fused-ring (bicyclic) bond motifs is 1. The van der Waals surface area contributed by atoms with Crippen LogP contribution >= 0.6 is 0 Å². The molecule has 1 aliphatic heterocycles. The number of nitrogens with zero attached hydrogens (tertiary/aromatic N) is 2. The number of hydrogen-bond donors (Lipinski definition) is 1. The molecule has 1 atom stereocenters. The van der Waals surface area contributed by atoms with Gasteiger partial charge in [-0.25, -0.2) is 9.38 Å². The molecule has 1 aromatic heterocycles. The number of carbonyl (C=O) groups excluding carboxylic acids is 1. The Kier molecular flexibility index (Phi) is 4.73. The summed E-state index contributed by atoms with van der Waals surface area (Å²) in [4.78, 5) is 22.1. The number of hydrogen-bond acceptors (Lipinski definition) is 4. The molecule has 3 aliphatic rings. The lowest BCUT2D eigenvalue weighted by Crippen LogP contribution is -2.47. The molecule has 2 heterocycles. The zero-order valence-electron chi connectivity index (χ0n) is 17.4. The molecule has 1 unspecified atom stereocenters. The molecular weight excluding hydrogens is 393 g/mol. The van der Waals surface area contributed by atoms with Gasteiger partial charge in [0.05, 0.1) is 17.4 Å². The number of aromatic nitrogens is 1. The van der Waals surface area contributed by atoms with Gasteiger partial charge >= 0.3 is 0 Å². The van der Waals surface area contributed by atoms with E-state index in [1.54, 1.807) is 12.4 Å². The van der Waals surface area contributed by atoms with E-state index < -0.39 is 11.3 Å². The Morgan fingerprint density at radius 2 is 1.94 bits per heavy atom. The fourth-order valence-electron chi connectivity index (χ4n) is 4.22. The third kappa shape index (κ3) is 3.67. The number of rotatable bonds is 5. The average molecular weight is 417 g/mol. The van der Waals surface area contributed by atoms with Crippen LogP contribution in [-0.4, -0.2) is 27.9 Å². The minimum absolute atomic E-state index is 0.225. The first-order valence-corrected chi connectivity index (χ1v) is 10.7. The number of nitrogens with one attached hydrogen (secondary N) is 1. The van der Waals surface area contributed by atoms with E-state index in [9.17, 15) is 9.18 Å². The molecule has 1 aromatic carbocycles. The van der Waals surface area contributed by atoms with E-state index >= 15 is 0 Å². The number of allylic oxidation sites excluding steroid dienone is 1. The highest BCUT2D eigenvalue weighted by atomic mass is 19.1. The standard InChI is InChI=1S/C25H24FN3O2/c1-17-11-15-27-16-21(17)31-25-12-3-2-4-19(25)7-10-22(28-25)24(13-14-24)29-23(30)18-5-8-20(26)9-6-18/h4-11,15-16H,2-3,12-14H2,1H3,(H,29,30). The van der Waals surface area contributed by atoms with E-state index in [1.807, 2.05) is 19.1 Å². The molecule has 0 bridgehead atoms. The van der Waals surface area contributed by atoms with Crippen LogP contribution in [0.25, 0.3) is 0 Å². The van der Waals surface area contributed by atoms with Crippen LogP contribution in [0.4, 0.5) is 4.39 Å². The molecule has 0 spiro atoms. The van der Waals surface area contributed by atoms with Crippen LogP contribution in [0.15, 0.2) is 71.5 Å². The summed E-state index contributed by atoms with van der Waals surface area (Å²) in [6.07, 6.45) is 14.1. The monoisotopic (exact) mass is 417 g/mol. The number of halogens is 1. The molecule has 5 nitrogen and oxygen atoms in total. The first kappa shape index (κ1) is 19.7. The van der Waals surface area contributed by atoms with Crippen molar-refractivity contribution in [1.29, 1.82) is 0 Å². The molecule has 31 heavy (non-hydrogen) atoms. The number of amides is 1. The van der Waals surface area contributed by atoms with Gasteiger partial charge in [-0.1, -0.05) is 12.2 Å². The van der Waals surface area contributed by atoms with Gasteiger partial charge in [0.15, 0.2) is 0 Å². The summed E-state index contributed by atoms with van der Waals surface area (Å²) in [5, 5.41) is 3.13. The van der Waals surface area contributed by atoms with Gasteiger partial charge < -0.3 is 10.1 Å². The minimum atomic E-state index is -0.799. The summed E-state index contributed by atoms with van der Waals surface area (Å²) in [6, 6.07) is 7.51. The van der Waals surface area contributed by atoms with Crippen molar-refractivity contribution >= 4 is 11.6 Å². The zero-order chi connectivity index (χ0) is 21.5. The molecule has 1 fully saturated rings. The number of aliphatic imine (C=N–C) groups is 1. The smallest absolute Gasteiger partial charge is 0.252 e. The SMILES string of the molecule is Cc1ccncc1OC12CCCC=C1C=CC(C1(NC(=O)c3ccc(F)cc3)CC1)=N2. The predicted octanol–water partition coefficient (Wildman–Crippen LogP) is 4.69. The molecule has 1 amide bonds. The Labute approximate surface area is 180 Å². The van der Waals surface area contributed by atoms with Crippen molar-refractivity contribution in [3.8, 4) is 5.75 Å². The number of pyridine rings is 1. The van der Waals surface area contributed by atoms with Crippen molar-refractivity contribution in [1.82, 2.24) is 10.3 Å². The van der Waals surface area contributed by atoms with Crippen LogP contribution in [0, 0.1) is 12.7 Å². The van der Waals surface area contributed by atoms with Crippen molar-refractivity contribution in [2.24, 2.45) is 4.99 Å². The highest BCUT2D eigenvalue weighted by Crippen LogP contribution is 2.44. The van der Waals surface area contributed by atoms with Gasteiger partial charge in [-0.15, -0.1) is 0 Å². The second-order valence-electron chi connectivity index (χ2n) is 8.45. The Hall–Kier alpha value is -3.28. The van der Waals surface area contributed by atoms with Crippen LogP contribution in [-0.2, 0) is 0 Å². The van der Waals surface area contributed by atoms with Crippen LogP contribution in [0.5, 0.6) is 5.75 Å². The lowest BCUT2D eigenvalue weighted by atomic mass is 9.86. The summed E-state index contributed by atoms with van der Waals surface area (Å²) in [7, 11) is 0. The fourth-order valence-corrected chi connectivity index (χ4v) is 4.22. The predicted molar refractivity (Wildman–Crippen MR) is 117 cm³/mol. The van der Waals surface area contributed by atoms with E-state index in [0.717, 1.165) is 49.0 Å². The maximum absolute atomic E-state index is 13.2. The van der Waals surface area contributed by atoms with Gasteiger partial charge in [-0.3, -0.25) is 9.78 Å². The minimum Gasteiger partial charge on any atom is -0.460 e. The number of carbonyl (C=O) groups is 1. The molecule has 6 heteroatoms. The van der Waals surface area contributed by atoms with Crippen LogP contribution in [0.1, 0.15) is 48.0 Å². The Bertz CT molecular complexity index is 1120. The number of aryl methyl sites for hydroxylation is 1. The normalized spacial score (nSPS) is 23.3. The summed E-state index contributed by atoms with van der Waals surface area (Å²) < 4.78 is 19.7. The van der Waals surface area contributed by atoms with Gasteiger partial charge in [-0.05, 0) is 74.6 Å². The summed E-state index contributed by atoms with van der Waals surface area (Å²) in [6.45, 7) is 1.99. The van der Waals surface area contributed by atoms with E-state index in [2.05, 4.69) is 22.5 Å². The van der Waals surface area contributed by atoms with E-state index in [1.165, 1.54) is 24.3 Å². The lowest BCUT2D eigenvalue weighted by molar-refractivity contribution is 0.0931. The number of benzene rings is 1. The zero-order valence-corrected chi connectivity index (χ0v) is 17.4. The molecule has 5 rings (SSSR count). The molecule has 2 aliphatic carbocycles. The number of dihydropyridines is 1. The molecule has 1 N–H and O–H groups in total. The largest absolute Gasteiger partial charge is 0.460 e. The van der Waals surface area contributed by atoms with E-state index in [0.29, 0.717) is 11.3 Å². The lowest BCUT2D eigenvalue weighted by Gasteiger charge is -2.38.